The first-order valence-corrected chi connectivity index (χ1v) is 6.89. The molecule has 0 aliphatic heterocycles. The van der Waals surface area contributed by atoms with E-state index in [4.69, 9.17) is 4.74 Å². The van der Waals surface area contributed by atoms with Crippen molar-refractivity contribution in [1.29, 1.82) is 0 Å². The Balaban J connectivity index is 2.05. The number of nitrogens with one attached hydrogen (secondary N) is 1. The summed E-state index contributed by atoms with van der Waals surface area (Å²) in [6.45, 7) is 4.18. The SMILES string of the molecule is CCC(C)Oc1ccccc1C=NNc1ccccc1. The molecular formula is C17H20N2O. The van der Waals surface area contributed by atoms with Gasteiger partial charge in [-0.3, -0.25) is 5.43 Å². The molecule has 0 aliphatic carbocycles. The molecule has 0 heterocycles. The quantitative estimate of drug-likeness (QED) is 0.625. The molecule has 0 radical (unpaired) electrons. The second kappa shape index (κ2) is 7.34. The summed E-state index contributed by atoms with van der Waals surface area (Å²) in [5.74, 6) is 0.862. The van der Waals surface area contributed by atoms with Crippen molar-refractivity contribution in [2.45, 2.75) is 26.4 Å². The van der Waals surface area contributed by atoms with Crippen molar-refractivity contribution in [1.82, 2.24) is 0 Å². The molecule has 1 atom stereocenters. The largest absolute Gasteiger partial charge is 0.490 e. The van der Waals surface area contributed by atoms with E-state index in [0.717, 1.165) is 23.4 Å². The van der Waals surface area contributed by atoms with Crippen LogP contribution in [0.1, 0.15) is 25.8 Å². The zero-order chi connectivity index (χ0) is 14.2. The smallest absolute Gasteiger partial charge is 0.128 e. The Morgan fingerprint density at radius 1 is 1.10 bits per heavy atom. The van der Waals surface area contributed by atoms with Gasteiger partial charge in [0, 0.05) is 5.56 Å². The van der Waals surface area contributed by atoms with Crippen molar-refractivity contribution in [2.24, 2.45) is 5.10 Å². The zero-order valence-electron chi connectivity index (χ0n) is 11.9. The Hall–Kier alpha value is -2.29. The first kappa shape index (κ1) is 14.1. The topological polar surface area (TPSA) is 33.6 Å². The van der Waals surface area contributed by atoms with Crippen molar-refractivity contribution >= 4 is 11.9 Å². The van der Waals surface area contributed by atoms with Crippen molar-refractivity contribution in [3.8, 4) is 5.75 Å². The zero-order valence-corrected chi connectivity index (χ0v) is 11.9. The molecule has 0 spiro atoms. The fraction of sp³-hybridized carbons (Fsp3) is 0.235. The molecule has 2 rings (SSSR count). The molecule has 0 saturated carbocycles. The average Bonchev–Trinajstić information content (AvgIpc) is 2.50. The molecule has 20 heavy (non-hydrogen) atoms. The van der Waals surface area contributed by atoms with Crippen molar-refractivity contribution in [2.75, 3.05) is 5.43 Å². The first-order chi connectivity index (χ1) is 9.79. The van der Waals surface area contributed by atoms with Gasteiger partial charge in [-0.1, -0.05) is 37.3 Å². The fourth-order valence-corrected chi connectivity index (χ4v) is 1.68. The maximum Gasteiger partial charge on any atom is 0.128 e. The minimum Gasteiger partial charge on any atom is -0.490 e. The average molecular weight is 268 g/mol. The molecule has 0 amide bonds. The van der Waals surface area contributed by atoms with Crippen LogP contribution in [-0.2, 0) is 0 Å². The summed E-state index contributed by atoms with van der Waals surface area (Å²) < 4.78 is 5.88. The van der Waals surface area contributed by atoms with Crippen LogP contribution in [0.5, 0.6) is 5.75 Å². The second-order valence-electron chi connectivity index (χ2n) is 4.61. The van der Waals surface area contributed by atoms with Crippen LogP contribution in [0.3, 0.4) is 0 Å². The van der Waals surface area contributed by atoms with Gasteiger partial charge in [0.25, 0.3) is 0 Å². The molecular weight excluding hydrogens is 248 g/mol. The summed E-state index contributed by atoms with van der Waals surface area (Å²) in [6, 6.07) is 17.8. The maximum absolute atomic E-state index is 5.88. The Morgan fingerprint density at radius 3 is 2.55 bits per heavy atom. The Morgan fingerprint density at radius 2 is 1.80 bits per heavy atom. The van der Waals surface area contributed by atoms with E-state index in [0.29, 0.717) is 0 Å². The van der Waals surface area contributed by atoms with E-state index in [1.807, 2.05) is 54.6 Å². The highest BCUT2D eigenvalue weighted by Gasteiger charge is 2.04. The van der Waals surface area contributed by atoms with Crippen LogP contribution in [0.15, 0.2) is 59.7 Å². The highest BCUT2D eigenvalue weighted by Crippen LogP contribution is 2.18. The fourth-order valence-electron chi connectivity index (χ4n) is 1.68. The number of para-hydroxylation sites is 2. The molecule has 104 valence electrons. The minimum absolute atomic E-state index is 0.201. The van der Waals surface area contributed by atoms with E-state index < -0.39 is 0 Å². The normalized spacial score (nSPS) is 12.3. The standard InChI is InChI=1S/C17H20N2O/c1-3-14(2)20-17-12-8-7-9-15(17)13-18-19-16-10-5-4-6-11-16/h4-14,19H,3H2,1-2H3. The van der Waals surface area contributed by atoms with E-state index in [2.05, 4.69) is 24.4 Å². The van der Waals surface area contributed by atoms with Crippen LogP contribution in [0.2, 0.25) is 0 Å². The van der Waals surface area contributed by atoms with Gasteiger partial charge in [0.05, 0.1) is 18.0 Å². The minimum atomic E-state index is 0.201. The number of hydrazone groups is 1. The van der Waals surface area contributed by atoms with E-state index in [1.165, 1.54) is 0 Å². The number of hydrogen-bond donors (Lipinski definition) is 1. The predicted octanol–water partition coefficient (Wildman–Crippen LogP) is 4.31. The second-order valence-corrected chi connectivity index (χ2v) is 4.61. The summed E-state index contributed by atoms with van der Waals surface area (Å²) in [5.41, 5.74) is 4.93. The molecule has 1 N–H and O–H groups in total. The van der Waals surface area contributed by atoms with Crippen molar-refractivity contribution in [3.05, 3.63) is 60.2 Å². The van der Waals surface area contributed by atoms with Gasteiger partial charge >= 0.3 is 0 Å². The predicted molar refractivity (Wildman–Crippen MR) is 84.5 cm³/mol. The van der Waals surface area contributed by atoms with Crippen molar-refractivity contribution in [3.63, 3.8) is 0 Å². The number of nitrogens with zero attached hydrogens (tertiary/aromatic N) is 1. The summed E-state index contributed by atoms with van der Waals surface area (Å²) in [5, 5.41) is 4.25. The Bertz CT molecular complexity index is 552. The molecule has 0 aromatic heterocycles. The number of hydrogen-bond acceptors (Lipinski definition) is 3. The van der Waals surface area contributed by atoms with Gasteiger partial charge in [-0.2, -0.15) is 5.10 Å². The van der Waals surface area contributed by atoms with Crippen LogP contribution in [0.25, 0.3) is 0 Å². The number of benzene rings is 2. The van der Waals surface area contributed by atoms with E-state index >= 15 is 0 Å². The maximum atomic E-state index is 5.88. The lowest BCUT2D eigenvalue weighted by Gasteiger charge is -2.14. The summed E-state index contributed by atoms with van der Waals surface area (Å²) >= 11 is 0. The lowest BCUT2D eigenvalue weighted by molar-refractivity contribution is 0.217. The summed E-state index contributed by atoms with van der Waals surface area (Å²) in [4.78, 5) is 0. The molecule has 0 bridgehead atoms. The first-order valence-electron chi connectivity index (χ1n) is 6.89. The Labute approximate surface area is 120 Å². The molecule has 3 heteroatoms. The van der Waals surface area contributed by atoms with Gasteiger partial charge in [-0.15, -0.1) is 0 Å². The molecule has 0 aliphatic rings. The monoisotopic (exact) mass is 268 g/mol. The van der Waals surface area contributed by atoms with Crippen LogP contribution in [-0.4, -0.2) is 12.3 Å². The van der Waals surface area contributed by atoms with Gasteiger partial charge < -0.3 is 4.74 Å². The van der Waals surface area contributed by atoms with Crippen LogP contribution >= 0.6 is 0 Å². The number of rotatable bonds is 6. The highest BCUT2D eigenvalue weighted by molar-refractivity contribution is 5.84. The third-order valence-corrected chi connectivity index (χ3v) is 2.99. The van der Waals surface area contributed by atoms with Gasteiger partial charge in [0.2, 0.25) is 0 Å². The molecule has 0 saturated heterocycles. The van der Waals surface area contributed by atoms with E-state index in [9.17, 15) is 0 Å². The van der Waals surface area contributed by atoms with Gasteiger partial charge in [0.15, 0.2) is 0 Å². The van der Waals surface area contributed by atoms with Gasteiger partial charge in [-0.05, 0) is 37.6 Å². The van der Waals surface area contributed by atoms with E-state index in [-0.39, 0.29) is 6.10 Å². The molecule has 0 fully saturated rings. The van der Waals surface area contributed by atoms with Gasteiger partial charge in [-0.25, -0.2) is 0 Å². The Kier molecular flexibility index (Phi) is 5.18. The molecule has 1 unspecified atom stereocenters. The summed E-state index contributed by atoms with van der Waals surface area (Å²) in [7, 11) is 0. The number of ether oxygens (including phenoxy) is 1. The lowest BCUT2D eigenvalue weighted by atomic mass is 10.2. The highest BCUT2D eigenvalue weighted by atomic mass is 16.5. The lowest BCUT2D eigenvalue weighted by Crippen LogP contribution is -2.11. The van der Waals surface area contributed by atoms with Crippen LogP contribution in [0.4, 0.5) is 5.69 Å². The number of anilines is 1. The third-order valence-electron chi connectivity index (χ3n) is 2.99. The van der Waals surface area contributed by atoms with Crippen LogP contribution < -0.4 is 10.2 Å². The van der Waals surface area contributed by atoms with Crippen molar-refractivity contribution < 1.29 is 4.74 Å². The van der Waals surface area contributed by atoms with E-state index in [1.54, 1.807) is 6.21 Å². The van der Waals surface area contributed by atoms with Gasteiger partial charge in [0.1, 0.15) is 5.75 Å². The van der Waals surface area contributed by atoms with Crippen LogP contribution in [0, 0.1) is 0 Å². The summed E-state index contributed by atoms with van der Waals surface area (Å²) in [6.07, 6.45) is 2.96. The molecule has 2 aromatic rings. The molecule has 3 nitrogen and oxygen atoms in total. The third kappa shape index (κ3) is 4.12. The molecule has 2 aromatic carbocycles.